The van der Waals surface area contributed by atoms with Gasteiger partial charge in [0, 0.05) is 20.0 Å². The number of piperidine rings is 2. The highest BCUT2D eigenvalue weighted by atomic mass is 16.5. The van der Waals surface area contributed by atoms with Crippen LogP contribution in [0.15, 0.2) is 24.5 Å². The second kappa shape index (κ2) is 6.09. The Labute approximate surface area is 211 Å². The summed E-state index contributed by atoms with van der Waals surface area (Å²) in [5.41, 5.74) is -1.77. The minimum atomic E-state index is -0.872. The van der Waals surface area contributed by atoms with E-state index in [4.69, 9.17) is 9.47 Å². The average molecular weight is 492 g/mol. The van der Waals surface area contributed by atoms with Gasteiger partial charge in [-0.3, -0.25) is 14.4 Å². The zero-order valence-electron chi connectivity index (χ0n) is 21.7. The summed E-state index contributed by atoms with van der Waals surface area (Å²) in [6.07, 6.45) is 4.94. The van der Waals surface area contributed by atoms with Crippen LogP contribution in [0.2, 0.25) is 0 Å². The SMILES string of the molecule is C[C@H]1CC(=O)N2C[C@]34C[C@@]5(C(=O)Nc6c5ccc5c6OC=CC(C)(C)O5)C(C)(C)[C@@H]3C[C@]12C(=O)N4C. The summed E-state index contributed by atoms with van der Waals surface area (Å²) in [6.45, 7) is 10.8. The number of fused-ring (bicyclic) bond motifs is 5. The Morgan fingerprint density at radius 1 is 1.11 bits per heavy atom. The number of benzene rings is 1. The highest BCUT2D eigenvalue weighted by Crippen LogP contribution is 2.72. The fourth-order valence-corrected chi connectivity index (χ4v) is 8.89. The Bertz CT molecular complexity index is 1320. The van der Waals surface area contributed by atoms with Gasteiger partial charge in [-0.25, -0.2) is 0 Å². The van der Waals surface area contributed by atoms with E-state index in [1.807, 2.05) is 55.8 Å². The van der Waals surface area contributed by atoms with Crippen LogP contribution in [0.4, 0.5) is 5.69 Å². The summed E-state index contributed by atoms with van der Waals surface area (Å²) in [5, 5.41) is 3.16. The molecular weight excluding hydrogens is 458 g/mol. The van der Waals surface area contributed by atoms with Crippen molar-refractivity contribution in [3.63, 3.8) is 0 Å². The lowest BCUT2D eigenvalue weighted by Crippen LogP contribution is -2.80. The van der Waals surface area contributed by atoms with Crippen molar-refractivity contribution in [1.82, 2.24) is 9.80 Å². The highest BCUT2D eigenvalue weighted by Gasteiger charge is 2.81. The lowest BCUT2D eigenvalue weighted by atomic mass is 9.56. The van der Waals surface area contributed by atoms with Gasteiger partial charge in [0.2, 0.25) is 17.7 Å². The zero-order valence-corrected chi connectivity index (χ0v) is 21.7. The Morgan fingerprint density at radius 2 is 1.86 bits per heavy atom. The van der Waals surface area contributed by atoms with E-state index >= 15 is 0 Å². The molecule has 1 N–H and O–H groups in total. The minimum absolute atomic E-state index is 0.0286. The molecule has 8 heteroatoms. The van der Waals surface area contributed by atoms with Crippen LogP contribution >= 0.6 is 0 Å². The predicted molar refractivity (Wildman–Crippen MR) is 131 cm³/mol. The summed E-state index contributed by atoms with van der Waals surface area (Å²) in [5.74, 6) is 1.12. The third-order valence-electron chi connectivity index (χ3n) is 10.8. The van der Waals surface area contributed by atoms with Gasteiger partial charge in [-0.2, -0.15) is 0 Å². The Kier molecular flexibility index (Phi) is 3.75. The van der Waals surface area contributed by atoms with Gasteiger partial charge in [0.15, 0.2) is 11.5 Å². The van der Waals surface area contributed by atoms with Crippen LogP contribution in [0.5, 0.6) is 11.5 Å². The number of hydrogen-bond donors (Lipinski definition) is 1. The molecule has 1 aromatic carbocycles. The Balaban J connectivity index is 1.42. The smallest absolute Gasteiger partial charge is 0.249 e. The van der Waals surface area contributed by atoms with Crippen LogP contribution in [-0.2, 0) is 19.8 Å². The van der Waals surface area contributed by atoms with Crippen LogP contribution in [0.3, 0.4) is 0 Å². The number of nitrogens with zero attached hydrogens (tertiary/aromatic N) is 2. The highest BCUT2D eigenvalue weighted by molar-refractivity contribution is 6.10. The molecule has 0 radical (unpaired) electrons. The van der Waals surface area contributed by atoms with Gasteiger partial charge in [0.05, 0.1) is 22.9 Å². The molecule has 1 aliphatic carbocycles. The molecule has 36 heavy (non-hydrogen) atoms. The molecule has 0 unspecified atom stereocenters. The third kappa shape index (κ3) is 2.10. The van der Waals surface area contributed by atoms with Gasteiger partial charge in [0.1, 0.15) is 11.1 Å². The first kappa shape index (κ1) is 22.2. The van der Waals surface area contributed by atoms with Crippen molar-refractivity contribution in [3.8, 4) is 11.5 Å². The number of ether oxygens (including phenoxy) is 2. The van der Waals surface area contributed by atoms with E-state index in [0.717, 1.165) is 5.56 Å². The summed E-state index contributed by atoms with van der Waals surface area (Å²) in [4.78, 5) is 44.9. The van der Waals surface area contributed by atoms with Crippen LogP contribution in [-0.4, -0.2) is 57.8 Å². The molecule has 7 aliphatic rings. The van der Waals surface area contributed by atoms with E-state index in [2.05, 4.69) is 19.2 Å². The number of carbonyl (C=O) groups is 3. The second-order valence-electron chi connectivity index (χ2n) is 12.9. The standard InChI is InChI=1S/C28H33N3O5/c1-15-11-19(32)31-14-26-13-27(25(4,5)18(26)12-28(15,31)23(34)30(26)6)16-7-8-17-21(20(16)29-22(27)33)35-10-9-24(2,3)36-17/h7-10,15,18H,11-14H2,1-6H3,(H,29,33)/t15-,18-,26+,27+,28+/m0/s1. The molecule has 3 spiro atoms. The fraction of sp³-hybridized carbons (Fsp3) is 0.607. The third-order valence-corrected chi connectivity index (χ3v) is 10.8. The van der Waals surface area contributed by atoms with Gasteiger partial charge in [-0.05, 0) is 61.6 Å². The van der Waals surface area contributed by atoms with E-state index in [9.17, 15) is 14.4 Å². The number of piperazine rings is 1. The number of carbonyl (C=O) groups excluding carboxylic acids is 3. The molecule has 3 amide bonds. The topological polar surface area (TPSA) is 88.2 Å². The number of likely N-dealkylation sites (N-methyl/N-ethyl adjacent to an activating group) is 1. The molecule has 2 bridgehead atoms. The molecule has 8 nitrogen and oxygen atoms in total. The van der Waals surface area contributed by atoms with Crippen molar-refractivity contribution in [2.75, 3.05) is 18.9 Å². The molecule has 6 heterocycles. The Morgan fingerprint density at radius 3 is 2.61 bits per heavy atom. The lowest BCUT2D eigenvalue weighted by Gasteiger charge is -2.64. The molecule has 5 fully saturated rings. The van der Waals surface area contributed by atoms with Crippen molar-refractivity contribution in [3.05, 3.63) is 30.0 Å². The van der Waals surface area contributed by atoms with Gasteiger partial charge in [-0.15, -0.1) is 0 Å². The lowest BCUT2D eigenvalue weighted by molar-refractivity contribution is -0.192. The minimum Gasteiger partial charge on any atom is -0.480 e. The summed E-state index contributed by atoms with van der Waals surface area (Å²) in [6, 6.07) is 3.89. The van der Waals surface area contributed by atoms with Crippen molar-refractivity contribution in [2.45, 2.75) is 76.0 Å². The van der Waals surface area contributed by atoms with E-state index in [-0.39, 0.29) is 29.6 Å². The van der Waals surface area contributed by atoms with Crippen LogP contribution in [0.25, 0.3) is 0 Å². The maximum absolute atomic E-state index is 14.1. The van der Waals surface area contributed by atoms with E-state index in [1.165, 1.54) is 0 Å². The normalized spacial score (nSPS) is 40.3. The van der Waals surface area contributed by atoms with E-state index in [0.29, 0.717) is 43.0 Å². The average Bonchev–Trinajstić information content (AvgIpc) is 3.25. The van der Waals surface area contributed by atoms with Crippen LogP contribution < -0.4 is 14.8 Å². The summed E-state index contributed by atoms with van der Waals surface area (Å²) >= 11 is 0. The first-order chi connectivity index (χ1) is 16.8. The van der Waals surface area contributed by atoms with Crippen molar-refractivity contribution in [2.24, 2.45) is 17.3 Å². The fourth-order valence-electron chi connectivity index (χ4n) is 8.89. The molecule has 0 aromatic heterocycles. The number of amides is 3. The van der Waals surface area contributed by atoms with E-state index < -0.39 is 27.5 Å². The molecule has 8 rings (SSSR count). The first-order valence-electron chi connectivity index (χ1n) is 12.9. The Hall–Kier alpha value is -3.03. The van der Waals surface area contributed by atoms with Gasteiger partial charge >= 0.3 is 0 Å². The summed E-state index contributed by atoms with van der Waals surface area (Å²) < 4.78 is 12.2. The quantitative estimate of drug-likeness (QED) is 0.602. The molecule has 1 saturated carbocycles. The van der Waals surface area contributed by atoms with Crippen molar-refractivity contribution < 1.29 is 23.9 Å². The molecule has 4 saturated heterocycles. The maximum atomic E-state index is 14.1. The van der Waals surface area contributed by atoms with Crippen molar-refractivity contribution in [1.29, 1.82) is 0 Å². The van der Waals surface area contributed by atoms with Gasteiger partial charge in [0.25, 0.3) is 0 Å². The molecule has 1 aromatic rings. The van der Waals surface area contributed by atoms with Gasteiger partial charge < -0.3 is 24.6 Å². The first-order valence-corrected chi connectivity index (χ1v) is 12.9. The molecule has 5 atom stereocenters. The number of anilines is 1. The maximum Gasteiger partial charge on any atom is 0.249 e. The predicted octanol–water partition coefficient (Wildman–Crippen LogP) is 3.21. The monoisotopic (exact) mass is 491 g/mol. The second-order valence-corrected chi connectivity index (χ2v) is 12.9. The number of nitrogens with one attached hydrogen (secondary N) is 1. The van der Waals surface area contributed by atoms with E-state index in [1.54, 1.807) is 6.26 Å². The molecular formula is C28H33N3O5. The van der Waals surface area contributed by atoms with Crippen LogP contribution in [0, 0.1) is 17.3 Å². The number of hydrogen-bond acceptors (Lipinski definition) is 5. The molecule has 190 valence electrons. The van der Waals surface area contributed by atoms with Crippen molar-refractivity contribution >= 4 is 23.4 Å². The zero-order chi connectivity index (χ0) is 25.6. The van der Waals surface area contributed by atoms with Crippen LogP contribution in [0.1, 0.15) is 59.4 Å². The summed E-state index contributed by atoms with van der Waals surface area (Å²) in [7, 11) is 1.88. The van der Waals surface area contributed by atoms with Gasteiger partial charge in [-0.1, -0.05) is 26.8 Å². The largest absolute Gasteiger partial charge is 0.480 e. The molecule has 6 aliphatic heterocycles. The number of rotatable bonds is 0.